The van der Waals surface area contributed by atoms with Crippen LogP contribution in [0.3, 0.4) is 0 Å². The molecule has 0 rings (SSSR count). The molecule has 0 bridgehead atoms. The van der Waals surface area contributed by atoms with Crippen molar-refractivity contribution >= 4 is 11.6 Å². The van der Waals surface area contributed by atoms with Crippen molar-refractivity contribution < 1.29 is 18.9 Å². The predicted molar refractivity (Wildman–Crippen MR) is 50.2 cm³/mol. The van der Waals surface area contributed by atoms with E-state index in [-0.39, 0.29) is 5.56 Å². The second-order valence-corrected chi connectivity index (χ2v) is 2.81. The van der Waals surface area contributed by atoms with Gasteiger partial charge < -0.3 is 18.9 Å². The van der Waals surface area contributed by atoms with E-state index < -0.39 is 0 Å². The van der Waals surface area contributed by atoms with Gasteiger partial charge in [-0.25, -0.2) is 0 Å². The van der Waals surface area contributed by atoms with E-state index in [1.807, 2.05) is 0 Å². The molecule has 0 saturated carbocycles. The summed E-state index contributed by atoms with van der Waals surface area (Å²) in [6.45, 7) is 2.66. The lowest BCUT2D eigenvalue weighted by atomic mass is 10.7. The number of methoxy groups -OCH3 is 2. The third kappa shape index (κ3) is 10.0. The van der Waals surface area contributed by atoms with Gasteiger partial charge in [0.1, 0.15) is 0 Å². The molecule has 1 atom stereocenters. The summed E-state index contributed by atoms with van der Waals surface area (Å²) in [5.41, 5.74) is -0.376. The third-order valence-corrected chi connectivity index (χ3v) is 1.61. The first-order valence-electron chi connectivity index (χ1n) is 4.12. The molecule has 0 aromatic heterocycles. The molecular formula is C8H17ClO4. The van der Waals surface area contributed by atoms with E-state index in [0.717, 1.165) is 0 Å². The monoisotopic (exact) mass is 212 g/mol. The van der Waals surface area contributed by atoms with Crippen molar-refractivity contribution in [1.29, 1.82) is 0 Å². The smallest absolute Gasteiger partial charge is 0.153 e. The second-order valence-electron chi connectivity index (χ2n) is 2.33. The van der Waals surface area contributed by atoms with Crippen LogP contribution in [0.25, 0.3) is 0 Å². The fourth-order valence-corrected chi connectivity index (χ4v) is 0.695. The van der Waals surface area contributed by atoms with Gasteiger partial charge in [0.2, 0.25) is 0 Å². The molecule has 0 aromatic rings. The molecule has 0 radical (unpaired) electrons. The van der Waals surface area contributed by atoms with E-state index in [1.54, 1.807) is 7.11 Å². The Balaban J connectivity index is 2.91. The van der Waals surface area contributed by atoms with Crippen LogP contribution >= 0.6 is 11.6 Å². The molecular weight excluding hydrogens is 196 g/mol. The highest BCUT2D eigenvalue weighted by Gasteiger charge is 2.00. The van der Waals surface area contributed by atoms with Crippen LogP contribution < -0.4 is 0 Å². The Labute approximate surface area is 84.1 Å². The highest BCUT2D eigenvalue weighted by Crippen LogP contribution is 1.95. The Kier molecular flexibility index (Phi) is 10.3. The van der Waals surface area contributed by atoms with Crippen LogP contribution in [0.1, 0.15) is 0 Å². The molecule has 0 aliphatic carbocycles. The molecule has 0 saturated heterocycles. The Morgan fingerprint density at radius 2 is 1.62 bits per heavy atom. The minimum Gasteiger partial charge on any atom is -0.382 e. The first kappa shape index (κ1) is 13.1. The van der Waals surface area contributed by atoms with Gasteiger partial charge in [-0.15, -0.1) is 0 Å². The largest absolute Gasteiger partial charge is 0.382 e. The lowest BCUT2D eigenvalue weighted by molar-refractivity contribution is 0.00236. The van der Waals surface area contributed by atoms with Crippen molar-refractivity contribution in [2.45, 2.75) is 5.56 Å². The van der Waals surface area contributed by atoms with Crippen LogP contribution in [0, 0.1) is 0 Å². The highest BCUT2D eigenvalue weighted by atomic mass is 35.5. The lowest BCUT2D eigenvalue weighted by Gasteiger charge is -2.08. The minimum absolute atomic E-state index is 0.376. The number of alkyl halides is 1. The molecule has 0 spiro atoms. The van der Waals surface area contributed by atoms with Gasteiger partial charge in [-0.05, 0) is 0 Å². The van der Waals surface area contributed by atoms with Gasteiger partial charge in [-0.3, -0.25) is 0 Å². The fourth-order valence-electron chi connectivity index (χ4n) is 0.606. The molecule has 0 heterocycles. The van der Waals surface area contributed by atoms with Gasteiger partial charge in [-0.2, -0.15) is 0 Å². The highest BCUT2D eigenvalue weighted by molar-refractivity contribution is 6.19. The van der Waals surface area contributed by atoms with Crippen molar-refractivity contribution in [2.75, 3.05) is 47.3 Å². The lowest BCUT2D eigenvalue weighted by Crippen LogP contribution is -2.14. The van der Waals surface area contributed by atoms with E-state index in [9.17, 15) is 0 Å². The Morgan fingerprint density at radius 1 is 1.00 bits per heavy atom. The van der Waals surface area contributed by atoms with Gasteiger partial charge in [0.05, 0.1) is 33.0 Å². The summed E-state index contributed by atoms with van der Waals surface area (Å²) in [4.78, 5) is 0. The summed E-state index contributed by atoms with van der Waals surface area (Å²) in [6.07, 6.45) is 0. The molecule has 0 aromatic carbocycles. The zero-order valence-electron chi connectivity index (χ0n) is 8.12. The van der Waals surface area contributed by atoms with Crippen molar-refractivity contribution in [3.05, 3.63) is 0 Å². The normalized spacial score (nSPS) is 13.2. The van der Waals surface area contributed by atoms with Gasteiger partial charge >= 0.3 is 0 Å². The average Bonchev–Trinajstić information content (AvgIpc) is 2.16. The molecule has 0 fully saturated rings. The minimum atomic E-state index is -0.376. The molecule has 0 aliphatic heterocycles. The van der Waals surface area contributed by atoms with E-state index in [2.05, 4.69) is 0 Å². The van der Waals surface area contributed by atoms with Gasteiger partial charge in [-0.1, -0.05) is 11.6 Å². The van der Waals surface area contributed by atoms with Crippen molar-refractivity contribution in [3.63, 3.8) is 0 Å². The van der Waals surface area contributed by atoms with Crippen molar-refractivity contribution in [3.8, 4) is 0 Å². The topological polar surface area (TPSA) is 36.9 Å². The molecule has 13 heavy (non-hydrogen) atoms. The van der Waals surface area contributed by atoms with E-state index in [4.69, 9.17) is 30.5 Å². The summed E-state index contributed by atoms with van der Waals surface area (Å²) in [6, 6.07) is 0. The first-order valence-corrected chi connectivity index (χ1v) is 4.56. The van der Waals surface area contributed by atoms with Gasteiger partial charge in [0.15, 0.2) is 5.56 Å². The zero-order chi connectivity index (χ0) is 9.94. The van der Waals surface area contributed by atoms with Crippen LogP contribution in [0.5, 0.6) is 0 Å². The number of halogens is 1. The molecule has 5 heteroatoms. The third-order valence-electron chi connectivity index (χ3n) is 1.31. The maximum absolute atomic E-state index is 5.62. The molecule has 0 N–H and O–H groups in total. The summed E-state index contributed by atoms with van der Waals surface area (Å²) >= 11 is 5.62. The van der Waals surface area contributed by atoms with Crippen LogP contribution in [-0.2, 0) is 18.9 Å². The van der Waals surface area contributed by atoms with Gasteiger partial charge in [0, 0.05) is 14.2 Å². The first-order chi connectivity index (χ1) is 6.31. The van der Waals surface area contributed by atoms with Crippen LogP contribution in [0.2, 0.25) is 0 Å². The van der Waals surface area contributed by atoms with E-state index in [0.29, 0.717) is 33.0 Å². The van der Waals surface area contributed by atoms with E-state index >= 15 is 0 Å². The molecule has 1 unspecified atom stereocenters. The molecule has 0 amide bonds. The second kappa shape index (κ2) is 10.2. The van der Waals surface area contributed by atoms with Crippen molar-refractivity contribution in [2.24, 2.45) is 0 Å². The van der Waals surface area contributed by atoms with Crippen LogP contribution in [0.15, 0.2) is 0 Å². The summed E-state index contributed by atoms with van der Waals surface area (Å²) in [5, 5.41) is 0. The Bertz CT molecular complexity index is 102. The molecule has 80 valence electrons. The molecule has 4 nitrogen and oxygen atoms in total. The van der Waals surface area contributed by atoms with E-state index in [1.165, 1.54) is 7.11 Å². The summed E-state index contributed by atoms with van der Waals surface area (Å²) < 4.78 is 19.9. The Hall–Kier alpha value is 0.130. The average molecular weight is 213 g/mol. The summed E-state index contributed by atoms with van der Waals surface area (Å²) in [7, 11) is 3.17. The fraction of sp³-hybridized carbons (Fsp3) is 1.00. The number of rotatable bonds is 9. The number of hydrogen-bond donors (Lipinski definition) is 0. The molecule has 0 aliphatic rings. The maximum atomic E-state index is 5.62. The number of ether oxygens (including phenoxy) is 4. The number of hydrogen-bond acceptors (Lipinski definition) is 4. The standard InChI is InChI=1S/C8H17ClO4/c1-10-3-4-12-5-6-13-7-8(9)11-2/h8H,3-7H2,1-2H3. The predicted octanol–water partition coefficient (Wildman–Crippen LogP) is 0.877. The zero-order valence-corrected chi connectivity index (χ0v) is 8.88. The van der Waals surface area contributed by atoms with Gasteiger partial charge in [0.25, 0.3) is 0 Å². The quantitative estimate of drug-likeness (QED) is 0.420. The van der Waals surface area contributed by atoms with Crippen LogP contribution in [0.4, 0.5) is 0 Å². The van der Waals surface area contributed by atoms with Crippen LogP contribution in [-0.4, -0.2) is 52.8 Å². The SMILES string of the molecule is COCCOCCOCC(Cl)OC. The maximum Gasteiger partial charge on any atom is 0.153 e. The van der Waals surface area contributed by atoms with Crippen molar-refractivity contribution in [1.82, 2.24) is 0 Å². The Morgan fingerprint density at radius 3 is 2.23 bits per heavy atom. The summed E-state index contributed by atoms with van der Waals surface area (Å²) in [5.74, 6) is 0.